The van der Waals surface area contributed by atoms with Crippen LogP contribution in [0.2, 0.25) is 0 Å². The lowest BCUT2D eigenvalue weighted by atomic mass is 10.2. The summed E-state index contributed by atoms with van der Waals surface area (Å²) in [6, 6.07) is 0. The zero-order valence-corrected chi connectivity index (χ0v) is 12.3. The molecule has 1 aromatic rings. The Balaban J connectivity index is 2.05. The van der Waals surface area contributed by atoms with Gasteiger partial charge in [-0.25, -0.2) is 9.59 Å². The molecule has 116 valence electrons. The summed E-state index contributed by atoms with van der Waals surface area (Å²) in [4.78, 5) is 24.1. The monoisotopic (exact) mass is 297 g/mol. The maximum absolute atomic E-state index is 11.9. The number of amides is 1. The molecule has 0 aromatic carbocycles. The number of hydrogen-bond donors (Lipinski definition) is 1. The van der Waals surface area contributed by atoms with Crippen molar-refractivity contribution in [3.05, 3.63) is 18.0 Å². The maximum Gasteiger partial charge on any atom is 0.435 e. The second kappa shape index (κ2) is 5.72. The first-order valence-electron chi connectivity index (χ1n) is 6.63. The summed E-state index contributed by atoms with van der Waals surface area (Å²) in [7, 11) is 0. The molecule has 8 nitrogen and oxygen atoms in total. The highest BCUT2D eigenvalue weighted by Gasteiger charge is 2.27. The molecule has 1 aliphatic rings. The number of aromatic nitrogens is 2. The molecule has 1 unspecified atom stereocenters. The molecule has 2 heterocycles. The molecule has 0 bridgehead atoms. The molecule has 0 radical (unpaired) electrons. The molecule has 2 rings (SSSR count). The van der Waals surface area contributed by atoms with Gasteiger partial charge < -0.3 is 19.5 Å². The summed E-state index contributed by atoms with van der Waals surface area (Å²) >= 11 is 0. The number of nitrogens with zero attached hydrogens (tertiary/aromatic N) is 3. The molecule has 8 heteroatoms. The van der Waals surface area contributed by atoms with Gasteiger partial charge in [-0.15, -0.1) is 0 Å². The van der Waals surface area contributed by atoms with Crippen molar-refractivity contribution >= 4 is 12.2 Å². The fourth-order valence-electron chi connectivity index (χ4n) is 1.94. The second-order valence-corrected chi connectivity index (χ2v) is 5.79. The first-order valence-corrected chi connectivity index (χ1v) is 6.63. The van der Waals surface area contributed by atoms with E-state index in [9.17, 15) is 9.59 Å². The van der Waals surface area contributed by atoms with E-state index >= 15 is 0 Å². The van der Waals surface area contributed by atoms with Crippen LogP contribution in [0.4, 0.5) is 9.59 Å². The van der Waals surface area contributed by atoms with Crippen LogP contribution in [0.3, 0.4) is 0 Å². The van der Waals surface area contributed by atoms with Crippen LogP contribution >= 0.6 is 0 Å². The van der Waals surface area contributed by atoms with E-state index in [1.54, 1.807) is 20.8 Å². The quantitative estimate of drug-likeness (QED) is 0.848. The average Bonchev–Trinajstić information content (AvgIpc) is 2.86. The van der Waals surface area contributed by atoms with Crippen LogP contribution in [-0.4, -0.2) is 57.3 Å². The normalized spacial score (nSPS) is 19.4. The fourth-order valence-corrected chi connectivity index (χ4v) is 1.94. The van der Waals surface area contributed by atoms with E-state index in [4.69, 9.17) is 14.6 Å². The number of carbonyl (C=O) groups is 2. The predicted molar refractivity (Wildman–Crippen MR) is 72.1 cm³/mol. The van der Waals surface area contributed by atoms with Crippen LogP contribution in [0.25, 0.3) is 0 Å². The highest BCUT2D eigenvalue weighted by molar-refractivity contribution is 5.69. The van der Waals surface area contributed by atoms with Crippen molar-refractivity contribution in [2.75, 3.05) is 19.7 Å². The number of carbonyl (C=O) groups excluding carboxylic acids is 1. The minimum Gasteiger partial charge on any atom is -0.465 e. The van der Waals surface area contributed by atoms with Gasteiger partial charge in [0, 0.05) is 18.3 Å². The van der Waals surface area contributed by atoms with Crippen molar-refractivity contribution in [2.45, 2.75) is 32.5 Å². The Morgan fingerprint density at radius 3 is 2.81 bits per heavy atom. The van der Waals surface area contributed by atoms with Crippen molar-refractivity contribution in [1.82, 2.24) is 14.7 Å². The third-order valence-electron chi connectivity index (χ3n) is 2.89. The first kappa shape index (κ1) is 15.3. The minimum absolute atomic E-state index is 0.218. The van der Waals surface area contributed by atoms with E-state index in [1.807, 2.05) is 0 Å². The van der Waals surface area contributed by atoms with Crippen LogP contribution in [0.1, 0.15) is 32.4 Å². The Labute approximate surface area is 122 Å². The van der Waals surface area contributed by atoms with Gasteiger partial charge in [-0.05, 0) is 20.8 Å². The third kappa shape index (κ3) is 3.94. The third-order valence-corrected chi connectivity index (χ3v) is 2.89. The Morgan fingerprint density at radius 2 is 2.19 bits per heavy atom. The number of hydrogen-bond acceptors (Lipinski definition) is 5. The zero-order valence-electron chi connectivity index (χ0n) is 12.3. The van der Waals surface area contributed by atoms with Crippen LogP contribution in [-0.2, 0) is 9.47 Å². The maximum atomic E-state index is 11.9. The van der Waals surface area contributed by atoms with Gasteiger partial charge in [0.15, 0.2) is 0 Å². The molecule has 1 N–H and O–H groups in total. The SMILES string of the molecule is CC(C)(C)OC(=O)n1cc(C2CN(C(=O)O)CCO2)cn1. The summed E-state index contributed by atoms with van der Waals surface area (Å²) < 4.78 is 11.8. The van der Waals surface area contributed by atoms with E-state index in [1.165, 1.54) is 17.3 Å². The van der Waals surface area contributed by atoms with Gasteiger partial charge in [0.25, 0.3) is 0 Å². The van der Waals surface area contributed by atoms with Crippen molar-refractivity contribution in [3.63, 3.8) is 0 Å². The smallest absolute Gasteiger partial charge is 0.435 e. The van der Waals surface area contributed by atoms with Gasteiger partial charge in [0.2, 0.25) is 0 Å². The molecule has 21 heavy (non-hydrogen) atoms. The molecule has 1 aromatic heterocycles. The molecular formula is C13H19N3O5. The molecule has 1 amide bonds. The number of rotatable bonds is 1. The van der Waals surface area contributed by atoms with E-state index < -0.39 is 23.9 Å². The van der Waals surface area contributed by atoms with E-state index in [-0.39, 0.29) is 6.54 Å². The summed E-state index contributed by atoms with van der Waals surface area (Å²) in [6.07, 6.45) is 0.998. The number of morpholine rings is 1. The Bertz CT molecular complexity index is 534. The second-order valence-electron chi connectivity index (χ2n) is 5.79. The first-order chi connectivity index (χ1) is 9.76. The van der Waals surface area contributed by atoms with E-state index in [0.717, 1.165) is 4.68 Å². The summed E-state index contributed by atoms with van der Waals surface area (Å²) in [6.45, 7) is 6.18. The number of carboxylic acid groups (broad SMARTS) is 1. The lowest BCUT2D eigenvalue weighted by Gasteiger charge is -2.30. The zero-order chi connectivity index (χ0) is 15.6. The van der Waals surface area contributed by atoms with E-state index in [0.29, 0.717) is 18.7 Å². The molecule has 1 aliphatic heterocycles. The van der Waals surface area contributed by atoms with Gasteiger partial charge in [-0.1, -0.05) is 0 Å². The predicted octanol–water partition coefficient (Wildman–Crippen LogP) is 1.72. The molecule has 1 fully saturated rings. The van der Waals surface area contributed by atoms with E-state index in [2.05, 4.69) is 5.10 Å². The van der Waals surface area contributed by atoms with Crippen LogP contribution in [0, 0.1) is 0 Å². The van der Waals surface area contributed by atoms with Crippen LogP contribution in [0.15, 0.2) is 12.4 Å². The van der Waals surface area contributed by atoms with Gasteiger partial charge >= 0.3 is 12.2 Å². The van der Waals surface area contributed by atoms with Crippen LogP contribution < -0.4 is 0 Å². The Hall–Kier alpha value is -2.09. The topological polar surface area (TPSA) is 93.9 Å². The van der Waals surface area contributed by atoms with Gasteiger partial charge in [-0.2, -0.15) is 9.78 Å². The van der Waals surface area contributed by atoms with Crippen molar-refractivity contribution in [3.8, 4) is 0 Å². The van der Waals surface area contributed by atoms with Crippen molar-refractivity contribution < 1.29 is 24.2 Å². The molecule has 0 aliphatic carbocycles. The average molecular weight is 297 g/mol. The van der Waals surface area contributed by atoms with Gasteiger partial charge in [-0.3, -0.25) is 0 Å². The van der Waals surface area contributed by atoms with Crippen molar-refractivity contribution in [1.29, 1.82) is 0 Å². The fraction of sp³-hybridized carbons (Fsp3) is 0.615. The standard InChI is InChI=1S/C13H19N3O5/c1-13(2,3)21-12(19)16-7-9(6-14-16)10-8-15(11(17)18)4-5-20-10/h6-7,10H,4-5,8H2,1-3H3,(H,17,18). The molecule has 0 saturated carbocycles. The minimum atomic E-state index is -0.983. The molecule has 0 spiro atoms. The lowest BCUT2D eigenvalue weighted by molar-refractivity contribution is -0.0232. The summed E-state index contributed by atoms with van der Waals surface area (Å²) in [5.41, 5.74) is 0.0387. The largest absolute Gasteiger partial charge is 0.465 e. The van der Waals surface area contributed by atoms with Crippen LogP contribution in [0.5, 0.6) is 0 Å². The Kier molecular flexibility index (Phi) is 4.17. The lowest BCUT2D eigenvalue weighted by Crippen LogP contribution is -2.41. The number of ether oxygens (including phenoxy) is 2. The van der Waals surface area contributed by atoms with Crippen molar-refractivity contribution in [2.24, 2.45) is 0 Å². The molecule has 1 saturated heterocycles. The highest BCUT2D eigenvalue weighted by Crippen LogP contribution is 2.22. The Morgan fingerprint density at radius 1 is 1.48 bits per heavy atom. The summed E-state index contributed by atoms with van der Waals surface area (Å²) in [5.74, 6) is 0. The molecular weight excluding hydrogens is 278 g/mol. The summed E-state index contributed by atoms with van der Waals surface area (Å²) in [5, 5.41) is 12.9. The van der Waals surface area contributed by atoms with Gasteiger partial charge in [0.05, 0.1) is 19.3 Å². The highest BCUT2D eigenvalue weighted by atomic mass is 16.6. The molecule has 1 atom stereocenters. The van der Waals surface area contributed by atoms with Gasteiger partial charge in [0.1, 0.15) is 11.7 Å².